The molecule has 1 amide bonds. The van der Waals surface area contributed by atoms with Crippen molar-refractivity contribution < 1.29 is 31.8 Å². The molecule has 2 heterocycles. The van der Waals surface area contributed by atoms with E-state index in [4.69, 9.17) is 25.8 Å². The summed E-state index contributed by atoms with van der Waals surface area (Å²) in [5.41, 5.74) is 2.84. The summed E-state index contributed by atoms with van der Waals surface area (Å²) in [5, 5.41) is 0.0528. The Kier molecular flexibility index (Phi) is 9.14. The van der Waals surface area contributed by atoms with Gasteiger partial charge in [-0.15, -0.1) is 0 Å². The molecule has 2 aliphatic rings. The molecule has 1 fully saturated rings. The summed E-state index contributed by atoms with van der Waals surface area (Å²) in [7, 11) is 0.762. The van der Waals surface area contributed by atoms with Crippen LogP contribution in [0, 0.1) is 5.82 Å². The van der Waals surface area contributed by atoms with Crippen LogP contribution in [0.1, 0.15) is 22.3 Å². The summed E-state index contributed by atoms with van der Waals surface area (Å²) >= 11 is 6.38. The number of carbonyl (C=O) groups excluding carboxylic acids is 1. The zero-order valence-corrected chi connectivity index (χ0v) is 25.8. The van der Waals surface area contributed by atoms with E-state index in [1.54, 1.807) is 56.6 Å². The smallest absolute Gasteiger partial charge is 0.254 e. The van der Waals surface area contributed by atoms with Crippen LogP contribution in [0.3, 0.4) is 0 Å². The third-order valence-electron chi connectivity index (χ3n) is 7.76. The Morgan fingerprint density at radius 1 is 0.860 bits per heavy atom. The molecule has 0 spiro atoms. The third kappa shape index (κ3) is 6.29. The lowest BCUT2D eigenvalue weighted by Gasteiger charge is -2.35. The number of hydrogen-bond acceptors (Lipinski definition) is 7. The summed E-state index contributed by atoms with van der Waals surface area (Å²) < 4.78 is 58.5. The molecule has 0 radical (unpaired) electrons. The predicted octanol–water partition coefficient (Wildman–Crippen LogP) is 4.95. The highest BCUT2D eigenvalue weighted by Crippen LogP contribution is 2.41. The third-order valence-corrected chi connectivity index (χ3v) is 10.1. The lowest BCUT2D eigenvalue weighted by atomic mass is 9.96. The molecule has 0 saturated carbocycles. The molecule has 9 nitrogen and oxygen atoms in total. The van der Waals surface area contributed by atoms with Crippen molar-refractivity contribution in [3.8, 4) is 17.2 Å². The largest absolute Gasteiger partial charge is 0.496 e. The van der Waals surface area contributed by atoms with Gasteiger partial charge in [0, 0.05) is 62.7 Å². The maximum atomic E-state index is 13.6. The zero-order chi connectivity index (χ0) is 30.7. The van der Waals surface area contributed by atoms with Crippen LogP contribution in [-0.2, 0) is 10.0 Å². The van der Waals surface area contributed by atoms with Crippen molar-refractivity contribution in [1.29, 1.82) is 0 Å². The zero-order valence-electron chi connectivity index (χ0n) is 24.2. The van der Waals surface area contributed by atoms with Gasteiger partial charge >= 0.3 is 0 Å². The average Bonchev–Trinajstić information content (AvgIpc) is 3.04. The van der Waals surface area contributed by atoms with Crippen LogP contribution >= 0.6 is 11.6 Å². The van der Waals surface area contributed by atoms with E-state index < -0.39 is 10.0 Å². The van der Waals surface area contributed by atoms with Gasteiger partial charge in [0.15, 0.2) is 0 Å². The van der Waals surface area contributed by atoms with Crippen molar-refractivity contribution >= 4 is 38.8 Å². The fourth-order valence-corrected chi connectivity index (χ4v) is 7.32. The molecule has 5 rings (SSSR count). The van der Waals surface area contributed by atoms with Gasteiger partial charge in [-0.1, -0.05) is 17.7 Å². The van der Waals surface area contributed by atoms with Crippen LogP contribution < -0.4 is 19.1 Å². The summed E-state index contributed by atoms with van der Waals surface area (Å²) in [5.74, 6) is 1.20. The number of rotatable bonds is 8. The van der Waals surface area contributed by atoms with Gasteiger partial charge in [-0.3, -0.25) is 4.79 Å². The minimum atomic E-state index is -3.96. The van der Waals surface area contributed by atoms with Crippen LogP contribution in [0.15, 0.2) is 65.6 Å². The lowest BCUT2D eigenvalue weighted by molar-refractivity contribution is 0.0772. The molecule has 0 aromatic heterocycles. The molecule has 0 bridgehead atoms. The standard InChI is InChI=1S/C31H33ClFN3O6S/c1-40-25-19-27(41-2)30(28(20-25)42-3)21-10-12-35(13-11-21)31(37)22-4-9-26(32)29(18-22)43(38,39)36-16-14-34(15-17-36)24-7-5-23(33)6-8-24/h4-10,18-20H,11-17H2,1-3H3. The van der Waals surface area contributed by atoms with Gasteiger partial charge in [0.25, 0.3) is 5.91 Å². The predicted molar refractivity (Wildman–Crippen MR) is 163 cm³/mol. The number of hydrogen-bond donors (Lipinski definition) is 0. The number of sulfonamides is 1. The van der Waals surface area contributed by atoms with Crippen molar-refractivity contribution in [2.24, 2.45) is 0 Å². The molecular formula is C31H33ClFN3O6S. The molecule has 0 aliphatic carbocycles. The first-order valence-corrected chi connectivity index (χ1v) is 15.6. The molecule has 0 atom stereocenters. The van der Waals surface area contributed by atoms with E-state index in [2.05, 4.69) is 0 Å². The number of methoxy groups -OCH3 is 3. The summed E-state index contributed by atoms with van der Waals surface area (Å²) in [6.45, 7) is 2.07. The second kappa shape index (κ2) is 12.8. The van der Waals surface area contributed by atoms with Crippen molar-refractivity contribution in [2.45, 2.75) is 11.3 Å². The lowest BCUT2D eigenvalue weighted by Crippen LogP contribution is -2.48. The van der Waals surface area contributed by atoms with Crippen LogP contribution in [0.25, 0.3) is 5.57 Å². The van der Waals surface area contributed by atoms with Gasteiger partial charge in [0.1, 0.15) is 28.0 Å². The monoisotopic (exact) mass is 629 g/mol. The number of nitrogens with zero attached hydrogens (tertiary/aromatic N) is 3. The summed E-state index contributed by atoms with van der Waals surface area (Å²) in [6.07, 6.45) is 2.49. The number of amides is 1. The Morgan fingerprint density at radius 2 is 1.51 bits per heavy atom. The molecule has 12 heteroatoms. The topological polar surface area (TPSA) is 88.6 Å². The van der Waals surface area contributed by atoms with Gasteiger partial charge in [-0.25, -0.2) is 12.8 Å². The Bertz CT molecular complexity index is 1610. The number of piperazine rings is 1. The number of anilines is 1. The first-order chi connectivity index (χ1) is 20.7. The van der Waals surface area contributed by atoms with E-state index in [9.17, 15) is 17.6 Å². The van der Waals surface area contributed by atoms with Crippen molar-refractivity contribution in [1.82, 2.24) is 9.21 Å². The van der Waals surface area contributed by atoms with E-state index in [1.807, 2.05) is 11.0 Å². The van der Waals surface area contributed by atoms with E-state index >= 15 is 0 Å². The molecule has 2 aliphatic heterocycles. The molecule has 228 valence electrons. The minimum absolute atomic E-state index is 0.0528. The van der Waals surface area contributed by atoms with E-state index in [-0.39, 0.29) is 40.3 Å². The number of halogens is 2. The first-order valence-electron chi connectivity index (χ1n) is 13.7. The quantitative estimate of drug-likeness (QED) is 0.349. The molecule has 0 N–H and O–H groups in total. The van der Waals surface area contributed by atoms with E-state index in [1.165, 1.54) is 28.6 Å². The molecule has 3 aromatic rings. The highest BCUT2D eigenvalue weighted by atomic mass is 35.5. The van der Waals surface area contributed by atoms with Crippen molar-refractivity contribution in [2.75, 3.05) is 65.5 Å². The highest BCUT2D eigenvalue weighted by molar-refractivity contribution is 7.89. The number of carbonyl (C=O) groups is 1. The minimum Gasteiger partial charge on any atom is -0.496 e. The maximum Gasteiger partial charge on any atom is 0.254 e. The normalized spacial score (nSPS) is 16.1. The van der Waals surface area contributed by atoms with Crippen molar-refractivity contribution in [3.05, 3.63) is 82.6 Å². The van der Waals surface area contributed by atoms with E-state index in [0.29, 0.717) is 49.8 Å². The van der Waals surface area contributed by atoms with E-state index in [0.717, 1.165) is 16.8 Å². The molecule has 1 saturated heterocycles. The van der Waals surface area contributed by atoms with Gasteiger partial charge in [0.05, 0.1) is 31.9 Å². The Hall–Kier alpha value is -3.80. The fourth-order valence-electron chi connectivity index (χ4n) is 5.40. The Morgan fingerprint density at radius 3 is 2.07 bits per heavy atom. The Labute approximate surface area is 256 Å². The van der Waals surface area contributed by atoms with Crippen LogP contribution in [0.2, 0.25) is 5.02 Å². The molecule has 43 heavy (non-hydrogen) atoms. The Balaban J connectivity index is 1.31. The van der Waals surface area contributed by atoms with Gasteiger partial charge < -0.3 is 24.0 Å². The maximum absolute atomic E-state index is 13.6. The second-order valence-corrected chi connectivity index (χ2v) is 12.5. The number of ether oxygens (including phenoxy) is 3. The van der Waals surface area contributed by atoms with Crippen LogP contribution in [0.5, 0.6) is 17.2 Å². The molecular weight excluding hydrogens is 597 g/mol. The van der Waals surface area contributed by atoms with Crippen LogP contribution in [-0.4, -0.2) is 84.1 Å². The van der Waals surface area contributed by atoms with Crippen LogP contribution in [0.4, 0.5) is 10.1 Å². The van der Waals surface area contributed by atoms with Crippen molar-refractivity contribution in [3.63, 3.8) is 0 Å². The average molecular weight is 630 g/mol. The molecule has 3 aromatic carbocycles. The van der Waals surface area contributed by atoms with Gasteiger partial charge in [0.2, 0.25) is 10.0 Å². The number of benzene rings is 3. The highest BCUT2D eigenvalue weighted by Gasteiger charge is 2.32. The fraction of sp³-hybridized carbons (Fsp3) is 0.323. The first kappa shape index (κ1) is 30.7. The second-order valence-electron chi connectivity index (χ2n) is 10.2. The summed E-state index contributed by atoms with van der Waals surface area (Å²) in [6, 6.07) is 14.0. The molecule has 0 unspecified atom stereocenters. The summed E-state index contributed by atoms with van der Waals surface area (Å²) in [4.78, 5) is 17.1. The SMILES string of the molecule is COc1cc(OC)c(C2=CCN(C(=O)c3ccc(Cl)c(S(=O)(=O)N4CCN(c5ccc(F)cc5)CC4)c3)CC2)c(OC)c1. The van der Waals surface area contributed by atoms with Gasteiger partial charge in [-0.05, 0) is 54.5 Å². The van der Waals surface area contributed by atoms with Gasteiger partial charge in [-0.2, -0.15) is 4.31 Å².